The summed E-state index contributed by atoms with van der Waals surface area (Å²) in [6.45, 7) is 0.879. The molecule has 0 aliphatic rings. The number of nitrogens with zero attached hydrogens (tertiary/aromatic N) is 2. The number of halogens is 1. The molecule has 0 saturated carbocycles. The molecule has 5 heteroatoms. The fourth-order valence-electron chi connectivity index (χ4n) is 2.36. The second-order valence-electron chi connectivity index (χ2n) is 5.44. The van der Waals surface area contributed by atoms with E-state index >= 15 is 0 Å². The zero-order valence-electron chi connectivity index (χ0n) is 13.2. The average Bonchev–Trinajstić information content (AvgIpc) is 2.62. The molecule has 3 rings (SSSR count). The van der Waals surface area contributed by atoms with Gasteiger partial charge in [-0.1, -0.05) is 46.3 Å². The number of aryl methyl sites for hydroxylation is 1. The van der Waals surface area contributed by atoms with Crippen LogP contribution in [0.2, 0.25) is 0 Å². The summed E-state index contributed by atoms with van der Waals surface area (Å²) in [5.74, 6) is 1.61. The highest BCUT2D eigenvalue weighted by Crippen LogP contribution is 2.19. The van der Waals surface area contributed by atoms with Crippen LogP contribution in [0.15, 0.2) is 71.5 Å². The third-order valence-electron chi connectivity index (χ3n) is 3.57. The molecule has 0 unspecified atom stereocenters. The minimum atomic E-state index is 0.776. The van der Waals surface area contributed by atoms with E-state index in [0.29, 0.717) is 0 Å². The van der Waals surface area contributed by atoms with Crippen molar-refractivity contribution < 1.29 is 0 Å². The molecule has 1 aromatic heterocycles. The monoisotopic (exact) mass is 382 g/mol. The van der Waals surface area contributed by atoms with Gasteiger partial charge in [-0.15, -0.1) is 0 Å². The molecule has 2 N–H and O–H groups in total. The molecule has 0 aliphatic heterocycles. The van der Waals surface area contributed by atoms with Crippen molar-refractivity contribution in [3.63, 3.8) is 0 Å². The molecule has 1 heterocycles. The number of aromatic nitrogens is 2. The van der Waals surface area contributed by atoms with Crippen LogP contribution < -0.4 is 10.6 Å². The number of benzene rings is 2. The van der Waals surface area contributed by atoms with E-state index in [1.165, 1.54) is 5.56 Å². The van der Waals surface area contributed by atoms with Crippen LogP contribution in [0.1, 0.15) is 12.0 Å². The second kappa shape index (κ2) is 8.45. The Morgan fingerprint density at radius 2 is 1.62 bits per heavy atom. The highest BCUT2D eigenvalue weighted by atomic mass is 79.9. The van der Waals surface area contributed by atoms with Crippen molar-refractivity contribution in [3.8, 4) is 0 Å². The van der Waals surface area contributed by atoms with E-state index in [-0.39, 0.29) is 0 Å². The van der Waals surface area contributed by atoms with Gasteiger partial charge in [0.15, 0.2) is 0 Å². The van der Waals surface area contributed by atoms with E-state index < -0.39 is 0 Å². The first-order chi connectivity index (χ1) is 11.8. The van der Waals surface area contributed by atoms with Crippen LogP contribution in [0.3, 0.4) is 0 Å². The zero-order chi connectivity index (χ0) is 16.6. The van der Waals surface area contributed by atoms with Crippen LogP contribution in [0.4, 0.5) is 17.3 Å². The second-order valence-corrected chi connectivity index (χ2v) is 6.35. The molecule has 3 aromatic rings. The molecule has 0 saturated heterocycles. The highest BCUT2D eigenvalue weighted by Gasteiger charge is 2.00. The summed E-state index contributed by atoms with van der Waals surface area (Å²) in [7, 11) is 0. The Labute approximate surface area is 150 Å². The van der Waals surface area contributed by atoms with E-state index in [2.05, 4.69) is 60.8 Å². The van der Waals surface area contributed by atoms with E-state index in [0.717, 1.165) is 41.2 Å². The molecule has 4 nitrogen and oxygen atoms in total. The Kier molecular flexibility index (Phi) is 5.80. The summed E-state index contributed by atoms with van der Waals surface area (Å²) < 4.78 is 1.05. The molecule has 0 atom stereocenters. The molecule has 0 radical (unpaired) electrons. The molecular weight excluding hydrogens is 364 g/mol. The fourth-order valence-corrected chi connectivity index (χ4v) is 2.62. The van der Waals surface area contributed by atoms with E-state index in [9.17, 15) is 0 Å². The average molecular weight is 383 g/mol. The molecule has 0 fully saturated rings. The minimum absolute atomic E-state index is 0.776. The topological polar surface area (TPSA) is 49.8 Å². The van der Waals surface area contributed by atoms with Crippen LogP contribution >= 0.6 is 15.9 Å². The smallest absolute Gasteiger partial charge is 0.135 e. The Hall–Kier alpha value is -2.40. The number of rotatable bonds is 7. The van der Waals surface area contributed by atoms with Crippen molar-refractivity contribution in [1.29, 1.82) is 0 Å². The van der Waals surface area contributed by atoms with Gasteiger partial charge in [-0.2, -0.15) is 0 Å². The maximum atomic E-state index is 4.27. The summed E-state index contributed by atoms with van der Waals surface area (Å²) >= 11 is 3.43. The molecule has 122 valence electrons. The molecule has 0 bridgehead atoms. The van der Waals surface area contributed by atoms with Gasteiger partial charge in [-0.25, -0.2) is 9.97 Å². The number of hydrogen-bond acceptors (Lipinski definition) is 4. The van der Waals surface area contributed by atoms with Crippen LogP contribution in [0.5, 0.6) is 0 Å². The van der Waals surface area contributed by atoms with Crippen LogP contribution in [0.25, 0.3) is 0 Å². The third-order valence-corrected chi connectivity index (χ3v) is 4.10. The predicted octanol–water partition coefficient (Wildman–Crippen LogP) is 5.03. The molecule has 2 aromatic carbocycles. The van der Waals surface area contributed by atoms with Crippen molar-refractivity contribution in [1.82, 2.24) is 9.97 Å². The molecule has 0 aliphatic carbocycles. The van der Waals surface area contributed by atoms with Gasteiger partial charge in [-0.05, 0) is 42.7 Å². The predicted molar refractivity (Wildman–Crippen MR) is 103 cm³/mol. The largest absolute Gasteiger partial charge is 0.370 e. The number of nitrogens with one attached hydrogen (secondary N) is 2. The molecular formula is C19H19BrN4. The van der Waals surface area contributed by atoms with E-state index in [4.69, 9.17) is 0 Å². The van der Waals surface area contributed by atoms with Gasteiger partial charge in [0.05, 0.1) is 0 Å². The van der Waals surface area contributed by atoms with Crippen molar-refractivity contribution in [2.45, 2.75) is 12.8 Å². The summed E-state index contributed by atoms with van der Waals surface area (Å²) in [5, 5.41) is 6.63. The Morgan fingerprint density at radius 3 is 2.42 bits per heavy atom. The van der Waals surface area contributed by atoms with Gasteiger partial charge < -0.3 is 10.6 Å². The van der Waals surface area contributed by atoms with Gasteiger partial charge in [0.1, 0.15) is 18.0 Å². The number of anilines is 3. The van der Waals surface area contributed by atoms with Gasteiger partial charge in [0.25, 0.3) is 0 Å². The first-order valence-corrected chi connectivity index (χ1v) is 8.71. The summed E-state index contributed by atoms with van der Waals surface area (Å²) in [6.07, 6.45) is 3.69. The van der Waals surface area contributed by atoms with Gasteiger partial charge in [0, 0.05) is 22.8 Å². The highest BCUT2D eigenvalue weighted by molar-refractivity contribution is 9.10. The van der Waals surface area contributed by atoms with Gasteiger partial charge in [-0.3, -0.25) is 0 Å². The lowest BCUT2D eigenvalue weighted by Crippen LogP contribution is -2.05. The van der Waals surface area contributed by atoms with Crippen LogP contribution in [-0.2, 0) is 6.42 Å². The quantitative estimate of drug-likeness (QED) is 0.562. The van der Waals surface area contributed by atoms with Crippen LogP contribution in [-0.4, -0.2) is 16.5 Å². The molecule has 0 amide bonds. The van der Waals surface area contributed by atoms with E-state index in [1.807, 2.05) is 36.4 Å². The molecule has 0 spiro atoms. The lowest BCUT2D eigenvalue weighted by atomic mass is 10.1. The lowest BCUT2D eigenvalue weighted by Gasteiger charge is -2.09. The molecule has 24 heavy (non-hydrogen) atoms. The summed E-state index contributed by atoms with van der Waals surface area (Å²) in [5.41, 5.74) is 2.35. The normalized spacial score (nSPS) is 10.4. The van der Waals surface area contributed by atoms with Crippen LogP contribution in [0, 0.1) is 0 Å². The number of hydrogen-bond donors (Lipinski definition) is 2. The van der Waals surface area contributed by atoms with Gasteiger partial charge >= 0.3 is 0 Å². The first kappa shape index (κ1) is 16.5. The Morgan fingerprint density at radius 1 is 0.875 bits per heavy atom. The third kappa shape index (κ3) is 5.06. The van der Waals surface area contributed by atoms with Crippen molar-refractivity contribution in [3.05, 3.63) is 77.0 Å². The Bertz CT molecular complexity index is 760. The standard InChI is InChI=1S/C19H19BrN4/c20-16-8-10-17(11-9-16)24-19-13-18(22-14-23-19)21-12-4-7-15-5-2-1-3-6-15/h1-3,5-6,8-11,13-14H,4,7,12H2,(H2,21,22,23,24). The fraction of sp³-hybridized carbons (Fsp3) is 0.158. The Balaban J connectivity index is 1.50. The first-order valence-electron chi connectivity index (χ1n) is 7.92. The van der Waals surface area contributed by atoms with Crippen molar-refractivity contribution >= 4 is 33.3 Å². The lowest BCUT2D eigenvalue weighted by molar-refractivity contribution is 0.858. The summed E-state index contributed by atoms with van der Waals surface area (Å²) in [4.78, 5) is 8.53. The SMILES string of the molecule is Brc1ccc(Nc2cc(NCCCc3ccccc3)ncn2)cc1. The van der Waals surface area contributed by atoms with E-state index in [1.54, 1.807) is 6.33 Å². The minimum Gasteiger partial charge on any atom is -0.370 e. The summed E-state index contributed by atoms with van der Waals surface area (Å²) in [6, 6.07) is 20.4. The van der Waals surface area contributed by atoms with Crippen molar-refractivity contribution in [2.24, 2.45) is 0 Å². The van der Waals surface area contributed by atoms with Crippen molar-refractivity contribution in [2.75, 3.05) is 17.2 Å². The van der Waals surface area contributed by atoms with Gasteiger partial charge in [0.2, 0.25) is 0 Å². The maximum absolute atomic E-state index is 4.27. The zero-order valence-corrected chi connectivity index (χ0v) is 14.8. The maximum Gasteiger partial charge on any atom is 0.135 e.